The highest BCUT2D eigenvalue weighted by Crippen LogP contribution is 2.20. The van der Waals surface area contributed by atoms with Crippen LogP contribution in [0.5, 0.6) is 0 Å². The predicted octanol–water partition coefficient (Wildman–Crippen LogP) is 2.42. The van der Waals surface area contributed by atoms with Gasteiger partial charge in [-0.1, -0.05) is 18.6 Å². The number of likely N-dealkylation sites (tertiary alicyclic amines) is 1. The highest BCUT2D eigenvalue weighted by atomic mass is 19.1. The van der Waals surface area contributed by atoms with Crippen molar-refractivity contribution in [3.8, 4) is 0 Å². The number of piperidine rings is 1. The molecule has 24 heavy (non-hydrogen) atoms. The van der Waals surface area contributed by atoms with Crippen molar-refractivity contribution in [2.24, 2.45) is 0 Å². The van der Waals surface area contributed by atoms with Crippen LogP contribution in [0.4, 0.5) is 4.39 Å². The first-order valence-electron chi connectivity index (χ1n) is 8.35. The predicted molar refractivity (Wildman–Crippen MR) is 88.8 cm³/mol. The molecule has 1 aliphatic heterocycles. The van der Waals surface area contributed by atoms with E-state index < -0.39 is 0 Å². The van der Waals surface area contributed by atoms with E-state index in [0.29, 0.717) is 6.42 Å². The van der Waals surface area contributed by atoms with Gasteiger partial charge in [0, 0.05) is 6.04 Å². The molecule has 1 aliphatic rings. The van der Waals surface area contributed by atoms with Gasteiger partial charge in [0.05, 0.1) is 26.1 Å². The lowest BCUT2D eigenvalue weighted by Gasteiger charge is -2.34. The Morgan fingerprint density at radius 2 is 2.04 bits per heavy atom. The Labute approximate surface area is 142 Å². The van der Waals surface area contributed by atoms with Crippen LogP contribution in [0.2, 0.25) is 0 Å². The number of hydrogen-bond acceptors (Lipinski definition) is 4. The molecule has 2 atom stereocenters. The van der Waals surface area contributed by atoms with E-state index in [-0.39, 0.29) is 36.3 Å². The van der Waals surface area contributed by atoms with Crippen molar-refractivity contribution in [3.05, 3.63) is 35.6 Å². The molecule has 2 rings (SSSR count). The summed E-state index contributed by atoms with van der Waals surface area (Å²) in [7, 11) is 1.38. The molecule has 1 amide bonds. The second kappa shape index (κ2) is 8.78. The van der Waals surface area contributed by atoms with Crippen molar-refractivity contribution in [1.29, 1.82) is 0 Å². The topological polar surface area (TPSA) is 58.6 Å². The third kappa shape index (κ3) is 5.30. The van der Waals surface area contributed by atoms with Crippen LogP contribution in [0, 0.1) is 5.82 Å². The van der Waals surface area contributed by atoms with E-state index in [0.717, 1.165) is 31.4 Å². The normalized spacial score (nSPS) is 19.5. The summed E-state index contributed by atoms with van der Waals surface area (Å²) in [6, 6.07) is 5.96. The van der Waals surface area contributed by atoms with Crippen molar-refractivity contribution in [2.75, 3.05) is 20.2 Å². The van der Waals surface area contributed by atoms with Gasteiger partial charge in [-0.05, 0) is 44.0 Å². The Bertz CT molecular complexity index is 562. The van der Waals surface area contributed by atoms with E-state index in [1.54, 1.807) is 12.1 Å². The number of nitrogens with one attached hydrogen (secondary N) is 1. The molecule has 1 aromatic carbocycles. The van der Waals surface area contributed by atoms with Gasteiger partial charge in [0.15, 0.2) is 0 Å². The number of ether oxygens (including phenoxy) is 1. The monoisotopic (exact) mass is 336 g/mol. The van der Waals surface area contributed by atoms with Crippen LogP contribution in [-0.4, -0.2) is 43.0 Å². The van der Waals surface area contributed by atoms with Crippen LogP contribution in [0.1, 0.15) is 44.2 Å². The Morgan fingerprint density at radius 3 is 2.71 bits per heavy atom. The molecule has 6 heteroatoms. The number of halogens is 1. The molecule has 1 fully saturated rings. The average molecular weight is 336 g/mol. The third-order valence-electron chi connectivity index (χ3n) is 4.47. The second-order valence-corrected chi connectivity index (χ2v) is 6.24. The van der Waals surface area contributed by atoms with Gasteiger partial charge in [-0.25, -0.2) is 4.39 Å². The minimum atomic E-state index is -0.295. The van der Waals surface area contributed by atoms with Crippen LogP contribution in [0.15, 0.2) is 24.3 Å². The molecule has 0 aliphatic carbocycles. The maximum atomic E-state index is 13.0. The summed E-state index contributed by atoms with van der Waals surface area (Å²) in [6.07, 6.45) is 3.30. The number of esters is 1. The van der Waals surface area contributed by atoms with Crippen LogP contribution in [0.25, 0.3) is 0 Å². The minimum absolute atomic E-state index is 0.0538. The molecule has 5 nitrogen and oxygen atoms in total. The van der Waals surface area contributed by atoms with Gasteiger partial charge in [-0.2, -0.15) is 0 Å². The van der Waals surface area contributed by atoms with Gasteiger partial charge in [-0.3, -0.25) is 14.5 Å². The summed E-state index contributed by atoms with van der Waals surface area (Å²) in [5.41, 5.74) is 0.856. The van der Waals surface area contributed by atoms with Crippen LogP contribution < -0.4 is 5.32 Å². The highest BCUT2D eigenvalue weighted by molar-refractivity contribution is 5.78. The first kappa shape index (κ1) is 18.4. The van der Waals surface area contributed by atoms with Crippen LogP contribution in [-0.2, 0) is 14.3 Å². The lowest BCUT2D eigenvalue weighted by molar-refractivity contribution is -0.143. The maximum Gasteiger partial charge on any atom is 0.307 e. The molecule has 0 bridgehead atoms. The lowest BCUT2D eigenvalue weighted by Crippen LogP contribution is -2.46. The van der Waals surface area contributed by atoms with Crippen LogP contribution in [0.3, 0.4) is 0 Å². The van der Waals surface area contributed by atoms with Gasteiger partial charge in [0.25, 0.3) is 0 Å². The van der Waals surface area contributed by atoms with Crippen LogP contribution >= 0.6 is 0 Å². The second-order valence-electron chi connectivity index (χ2n) is 6.24. The number of benzene rings is 1. The summed E-state index contributed by atoms with van der Waals surface area (Å²) in [5.74, 6) is -0.633. The van der Waals surface area contributed by atoms with E-state index in [2.05, 4.69) is 5.32 Å². The lowest BCUT2D eigenvalue weighted by atomic mass is 9.99. The fourth-order valence-corrected chi connectivity index (χ4v) is 3.08. The van der Waals surface area contributed by atoms with Crippen molar-refractivity contribution in [2.45, 2.75) is 44.7 Å². The largest absolute Gasteiger partial charge is 0.469 e. The first-order chi connectivity index (χ1) is 11.5. The van der Waals surface area contributed by atoms with Crippen molar-refractivity contribution >= 4 is 11.9 Å². The summed E-state index contributed by atoms with van der Waals surface area (Å²) >= 11 is 0. The SMILES string of the molecule is COC(=O)C[C@H]1CCCCN1CC(=O)N[C@@H](C)c1ccc(F)cc1. The molecular weight excluding hydrogens is 311 g/mol. The number of carbonyl (C=O) groups excluding carboxylic acids is 2. The van der Waals surface area contributed by atoms with Gasteiger partial charge in [0.1, 0.15) is 5.82 Å². The number of methoxy groups -OCH3 is 1. The molecule has 1 aromatic rings. The number of nitrogens with zero attached hydrogens (tertiary/aromatic N) is 1. The molecule has 0 saturated carbocycles. The summed E-state index contributed by atoms with van der Waals surface area (Å²) < 4.78 is 17.7. The number of carbonyl (C=O) groups is 2. The molecule has 132 valence electrons. The van der Waals surface area contributed by atoms with Gasteiger partial charge in [-0.15, -0.1) is 0 Å². The zero-order valence-corrected chi connectivity index (χ0v) is 14.3. The quantitative estimate of drug-likeness (QED) is 0.811. The molecule has 0 aromatic heterocycles. The molecule has 0 unspecified atom stereocenters. The fraction of sp³-hybridized carbons (Fsp3) is 0.556. The number of hydrogen-bond donors (Lipinski definition) is 1. The Kier molecular flexibility index (Phi) is 6.73. The van der Waals surface area contributed by atoms with E-state index in [1.807, 2.05) is 11.8 Å². The molecule has 1 heterocycles. The molecule has 0 radical (unpaired) electrons. The molecule has 1 saturated heterocycles. The van der Waals surface area contributed by atoms with Gasteiger partial charge in [0.2, 0.25) is 5.91 Å². The van der Waals surface area contributed by atoms with Crippen molar-refractivity contribution in [3.63, 3.8) is 0 Å². The standard InChI is InChI=1S/C18H25FN2O3/c1-13(14-6-8-15(19)9-7-14)20-17(22)12-21-10-4-3-5-16(21)11-18(23)24-2/h6-9,13,16H,3-5,10-12H2,1-2H3,(H,20,22)/t13-,16+/m0/s1. The smallest absolute Gasteiger partial charge is 0.307 e. The summed E-state index contributed by atoms with van der Waals surface area (Å²) in [4.78, 5) is 25.9. The van der Waals surface area contributed by atoms with Gasteiger partial charge < -0.3 is 10.1 Å². The number of amides is 1. The molecule has 1 N–H and O–H groups in total. The zero-order chi connectivity index (χ0) is 17.5. The van der Waals surface area contributed by atoms with E-state index in [9.17, 15) is 14.0 Å². The molecule has 0 spiro atoms. The number of rotatable bonds is 6. The summed E-state index contributed by atoms with van der Waals surface area (Å²) in [5, 5.41) is 2.93. The molecular formula is C18H25FN2O3. The van der Waals surface area contributed by atoms with Crippen molar-refractivity contribution in [1.82, 2.24) is 10.2 Å². The maximum absolute atomic E-state index is 13.0. The third-order valence-corrected chi connectivity index (χ3v) is 4.47. The Morgan fingerprint density at radius 1 is 1.33 bits per heavy atom. The highest BCUT2D eigenvalue weighted by Gasteiger charge is 2.27. The van der Waals surface area contributed by atoms with Crippen molar-refractivity contribution < 1.29 is 18.7 Å². The fourth-order valence-electron chi connectivity index (χ4n) is 3.08. The minimum Gasteiger partial charge on any atom is -0.469 e. The summed E-state index contributed by atoms with van der Waals surface area (Å²) in [6.45, 7) is 2.93. The van der Waals surface area contributed by atoms with E-state index >= 15 is 0 Å². The van der Waals surface area contributed by atoms with Gasteiger partial charge >= 0.3 is 5.97 Å². The van der Waals surface area contributed by atoms with E-state index in [4.69, 9.17) is 4.74 Å². The first-order valence-corrected chi connectivity index (χ1v) is 8.35. The Hall–Kier alpha value is -1.95. The average Bonchev–Trinajstić information content (AvgIpc) is 2.57. The Balaban J connectivity index is 1.89. The zero-order valence-electron chi connectivity index (χ0n) is 14.3. The van der Waals surface area contributed by atoms with E-state index in [1.165, 1.54) is 19.2 Å².